The zero-order valence-electron chi connectivity index (χ0n) is 17.2. The highest BCUT2D eigenvalue weighted by atomic mass is 32.2. The molecule has 8 nitrogen and oxygen atoms in total. The van der Waals surface area contributed by atoms with Gasteiger partial charge in [0.1, 0.15) is 5.75 Å². The number of aryl methyl sites for hydroxylation is 2. The second-order valence-electron chi connectivity index (χ2n) is 6.81. The highest BCUT2D eigenvalue weighted by Crippen LogP contribution is 2.30. The van der Waals surface area contributed by atoms with Gasteiger partial charge in [0.15, 0.2) is 16.8 Å². The summed E-state index contributed by atoms with van der Waals surface area (Å²) in [6.45, 7) is 4.97. The third kappa shape index (κ3) is 4.20. The van der Waals surface area contributed by atoms with Crippen molar-refractivity contribution < 1.29 is 4.74 Å². The summed E-state index contributed by atoms with van der Waals surface area (Å²) in [6, 6.07) is 16.2. The van der Waals surface area contributed by atoms with E-state index in [4.69, 9.17) is 4.74 Å². The van der Waals surface area contributed by atoms with Crippen LogP contribution >= 0.6 is 11.8 Å². The fourth-order valence-corrected chi connectivity index (χ4v) is 3.94. The lowest BCUT2D eigenvalue weighted by Crippen LogP contribution is -2.05. The lowest BCUT2D eigenvalue weighted by Gasteiger charge is -2.11. The van der Waals surface area contributed by atoms with Crippen LogP contribution in [0.2, 0.25) is 0 Å². The van der Waals surface area contributed by atoms with Gasteiger partial charge in [0.05, 0.1) is 12.9 Å². The van der Waals surface area contributed by atoms with Crippen LogP contribution in [-0.4, -0.2) is 42.1 Å². The topological polar surface area (TPSA) is 83.5 Å². The molecule has 0 saturated carbocycles. The number of rotatable bonds is 8. The van der Waals surface area contributed by atoms with Crippen LogP contribution in [0.4, 0.5) is 0 Å². The van der Waals surface area contributed by atoms with Crippen LogP contribution in [0.3, 0.4) is 0 Å². The second-order valence-corrected chi connectivity index (χ2v) is 7.76. The molecule has 9 heteroatoms. The summed E-state index contributed by atoms with van der Waals surface area (Å²) in [4.78, 5) is 0. The molecule has 2 aromatic heterocycles. The van der Waals surface area contributed by atoms with Crippen molar-refractivity contribution in [3.05, 3.63) is 59.9 Å². The zero-order valence-corrected chi connectivity index (χ0v) is 18.0. The van der Waals surface area contributed by atoms with E-state index in [-0.39, 0.29) is 0 Å². The Bertz CT molecular complexity index is 1100. The van der Waals surface area contributed by atoms with Gasteiger partial charge in [-0.25, -0.2) is 4.68 Å². The number of aromatic nitrogens is 7. The quantitative estimate of drug-likeness (QED) is 0.398. The molecule has 0 unspecified atom stereocenters. The van der Waals surface area contributed by atoms with Crippen molar-refractivity contribution in [1.29, 1.82) is 0 Å². The van der Waals surface area contributed by atoms with Crippen molar-refractivity contribution in [3.8, 4) is 22.8 Å². The Labute approximate surface area is 179 Å². The minimum absolute atomic E-state index is 0.611. The SMILES string of the molecule is CCCn1nnnc1CSc1nnc(-c2ccc(OC)cc2)n1-c1ccc(C)cc1. The molecule has 0 aliphatic carbocycles. The van der Waals surface area contributed by atoms with E-state index in [1.807, 2.05) is 28.9 Å². The Morgan fingerprint density at radius 3 is 2.43 bits per heavy atom. The van der Waals surface area contributed by atoms with Gasteiger partial charge >= 0.3 is 0 Å². The van der Waals surface area contributed by atoms with E-state index in [9.17, 15) is 0 Å². The van der Waals surface area contributed by atoms with Crippen LogP contribution in [-0.2, 0) is 12.3 Å². The minimum atomic E-state index is 0.611. The summed E-state index contributed by atoms with van der Waals surface area (Å²) in [5.41, 5.74) is 3.17. The van der Waals surface area contributed by atoms with Crippen LogP contribution in [0.25, 0.3) is 17.1 Å². The van der Waals surface area contributed by atoms with Crippen LogP contribution in [0.15, 0.2) is 53.7 Å². The van der Waals surface area contributed by atoms with Gasteiger partial charge in [0.25, 0.3) is 0 Å². The Balaban J connectivity index is 1.70. The standard InChI is InChI=1S/C21H23N7OS/c1-4-13-27-19(22-25-26-27)14-30-21-24-23-20(16-7-11-18(29-3)12-8-16)28(21)17-9-5-15(2)6-10-17/h5-12H,4,13-14H2,1-3H3. The van der Waals surface area contributed by atoms with E-state index >= 15 is 0 Å². The number of nitrogens with zero attached hydrogens (tertiary/aromatic N) is 7. The Morgan fingerprint density at radius 1 is 0.967 bits per heavy atom. The van der Waals surface area contributed by atoms with Crippen molar-refractivity contribution >= 4 is 11.8 Å². The van der Waals surface area contributed by atoms with Gasteiger partial charge in [-0.1, -0.05) is 36.4 Å². The molecule has 0 saturated heterocycles. The average molecular weight is 422 g/mol. The molecule has 0 aliphatic rings. The third-order valence-electron chi connectivity index (χ3n) is 4.65. The summed E-state index contributed by atoms with van der Waals surface area (Å²) in [6.07, 6.45) is 0.976. The molecule has 30 heavy (non-hydrogen) atoms. The van der Waals surface area contributed by atoms with E-state index in [2.05, 4.69) is 68.4 Å². The first-order valence-electron chi connectivity index (χ1n) is 9.74. The molecule has 0 radical (unpaired) electrons. The summed E-state index contributed by atoms with van der Waals surface area (Å²) in [7, 11) is 1.66. The first kappa shape index (κ1) is 20.1. The molecule has 0 aliphatic heterocycles. The fraction of sp³-hybridized carbons (Fsp3) is 0.286. The average Bonchev–Trinajstić information content (AvgIpc) is 3.40. The number of methoxy groups -OCH3 is 1. The highest BCUT2D eigenvalue weighted by molar-refractivity contribution is 7.98. The van der Waals surface area contributed by atoms with E-state index in [0.717, 1.165) is 46.8 Å². The van der Waals surface area contributed by atoms with Crippen molar-refractivity contribution in [2.75, 3.05) is 7.11 Å². The van der Waals surface area contributed by atoms with Gasteiger partial charge < -0.3 is 4.74 Å². The molecule has 4 rings (SSSR count). The summed E-state index contributed by atoms with van der Waals surface area (Å²) in [5, 5.41) is 21.8. The number of tetrazole rings is 1. The summed E-state index contributed by atoms with van der Waals surface area (Å²) in [5.74, 6) is 3.01. The monoisotopic (exact) mass is 421 g/mol. The van der Waals surface area contributed by atoms with Crippen molar-refractivity contribution in [1.82, 2.24) is 35.0 Å². The van der Waals surface area contributed by atoms with Crippen LogP contribution in [0.1, 0.15) is 24.7 Å². The number of thioether (sulfide) groups is 1. The van der Waals surface area contributed by atoms with Gasteiger partial charge in [0.2, 0.25) is 0 Å². The van der Waals surface area contributed by atoms with E-state index < -0.39 is 0 Å². The van der Waals surface area contributed by atoms with E-state index in [0.29, 0.717) is 5.75 Å². The Kier molecular flexibility index (Phi) is 6.08. The number of ether oxygens (including phenoxy) is 1. The first-order valence-corrected chi connectivity index (χ1v) is 10.7. The van der Waals surface area contributed by atoms with Crippen molar-refractivity contribution in [3.63, 3.8) is 0 Å². The number of benzene rings is 2. The second kappa shape index (κ2) is 9.08. The maximum atomic E-state index is 5.28. The van der Waals surface area contributed by atoms with Crippen molar-refractivity contribution in [2.24, 2.45) is 0 Å². The molecule has 0 amide bonds. The number of hydrogen-bond donors (Lipinski definition) is 0. The molecule has 0 fully saturated rings. The highest BCUT2D eigenvalue weighted by Gasteiger charge is 2.17. The molecule has 0 atom stereocenters. The third-order valence-corrected chi connectivity index (χ3v) is 5.57. The lowest BCUT2D eigenvalue weighted by molar-refractivity contribution is 0.415. The molecule has 0 spiro atoms. The minimum Gasteiger partial charge on any atom is -0.497 e. The lowest BCUT2D eigenvalue weighted by atomic mass is 10.2. The molecule has 2 aromatic carbocycles. The predicted molar refractivity (Wildman–Crippen MR) is 116 cm³/mol. The van der Waals surface area contributed by atoms with Gasteiger partial charge in [-0.15, -0.1) is 15.3 Å². The summed E-state index contributed by atoms with van der Waals surface area (Å²) >= 11 is 1.57. The van der Waals surface area contributed by atoms with Gasteiger partial charge in [0, 0.05) is 17.8 Å². The molecular weight excluding hydrogens is 398 g/mol. The fourth-order valence-electron chi connectivity index (χ4n) is 3.06. The Morgan fingerprint density at radius 2 is 1.73 bits per heavy atom. The zero-order chi connectivity index (χ0) is 20.9. The molecule has 0 N–H and O–H groups in total. The van der Waals surface area contributed by atoms with Crippen LogP contribution in [0, 0.1) is 6.92 Å². The number of hydrogen-bond acceptors (Lipinski definition) is 7. The normalized spacial score (nSPS) is 11.0. The predicted octanol–water partition coefficient (Wildman–Crippen LogP) is 3.94. The molecule has 154 valence electrons. The van der Waals surface area contributed by atoms with Crippen LogP contribution < -0.4 is 4.74 Å². The van der Waals surface area contributed by atoms with E-state index in [1.54, 1.807) is 18.9 Å². The first-order chi connectivity index (χ1) is 14.7. The Hall–Kier alpha value is -3.20. The van der Waals surface area contributed by atoms with Gasteiger partial charge in [-0.2, -0.15) is 0 Å². The van der Waals surface area contributed by atoms with Crippen molar-refractivity contribution in [2.45, 2.75) is 37.7 Å². The van der Waals surface area contributed by atoms with Gasteiger partial charge in [-0.3, -0.25) is 4.57 Å². The van der Waals surface area contributed by atoms with E-state index in [1.165, 1.54) is 5.56 Å². The largest absolute Gasteiger partial charge is 0.497 e. The molecule has 4 aromatic rings. The maximum absolute atomic E-state index is 5.28. The van der Waals surface area contributed by atoms with Gasteiger partial charge in [-0.05, 0) is 60.2 Å². The molecule has 2 heterocycles. The smallest absolute Gasteiger partial charge is 0.196 e. The summed E-state index contributed by atoms with van der Waals surface area (Å²) < 4.78 is 9.19. The maximum Gasteiger partial charge on any atom is 0.196 e. The molecule has 0 bridgehead atoms. The molecular formula is C21H23N7OS. The van der Waals surface area contributed by atoms with Crippen LogP contribution in [0.5, 0.6) is 5.75 Å².